The van der Waals surface area contributed by atoms with Gasteiger partial charge in [0.05, 0.1) is 22.3 Å². The molecule has 1 aromatic carbocycles. The highest BCUT2D eigenvalue weighted by Gasteiger charge is 2.31. The van der Waals surface area contributed by atoms with E-state index in [4.69, 9.17) is 11.6 Å². The van der Waals surface area contributed by atoms with E-state index in [0.29, 0.717) is 36.5 Å². The van der Waals surface area contributed by atoms with Crippen molar-refractivity contribution in [2.75, 3.05) is 36.4 Å². The fraction of sp³-hybridized carbons (Fsp3) is 0.462. The number of piperidine rings is 2. The van der Waals surface area contributed by atoms with E-state index in [1.54, 1.807) is 6.20 Å². The van der Waals surface area contributed by atoms with Crippen LogP contribution in [0.3, 0.4) is 0 Å². The number of pyridine rings is 1. The van der Waals surface area contributed by atoms with Crippen LogP contribution in [0.25, 0.3) is 10.2 Å². The van der Waals surface area contributed by atoms with E-state index in [-0.39, 0.29) is 17.7 Å². The number of amides is 2. The molecule has 3 aromatic rings. The molecule has 5 rings (SSSR count). The second kappa shape index (κ2) is 10.1. The van der Waals surface area contributed by atoms with E-state index in [0.717, 1.165) is 58.8 Å². The van der Waals surface area contributed by atoms with Crippen LogP contribution in [0, 0.1) is 19.8 Å². The highest BCUT2D eigenvalue weighted by atomic mass is 35.5. The average molecular weight is 512 g/mol. The zero-order valence-corrected chi connectivity index (χ0v) is 21.7. The topological polar surface area (TPSA) is 78.4 Å². The van der Waals surface area contributed by atoms with Crippen LogP contribution in [0.4, 0.5) is 11.4 Å². The van der Waals surface area contributed by atoms with Gasteiger partial charge in [-0.1, -0.05) is 17.7 Å². The zero-order valence-electron chi connectivity index (χ0n) is 20.1. The van der Waals surface area contributed by atoms with Crippen LogP contribution in [0.5, 0.6) is 0 Å². The lowest BCUT2D eigenvalue weighted by Gasteiger charge is -2.35. The van der Waals surface area contributed by atoms with Gasteiger partial charge in [0.15, 0.2) is 0 Å². The summed E-state index contributed by atoms with van der Waals surface area (Å²) >= 11 is 7.59. The second-order valence-electron chi connectivity index (χ2n) is 9.48. The van der Waals surface area contributed by atoms with Crippen molar-refractivity contribution in [2.24, 2.45) is 5.92 Å². The quantitative estimate of drug-likeness (QED) is 0.504. The predicted octanol–water partition coefficient (Wildman–Crippen LogP) is 5.44. The Kier molecular flexibility index (Phi) is 6.93. The van der Waals surface area contributed by atoms with E-state index >= 15 is 0 Å². The Bertz CT molecular complexity index is 1260. The highest BCUT2D eigenvalue weighted by molar-refractivity contribution is 7.13. The molecule has 0 unspecified atom stereocenters. The standard InChI is InChI=1S/C26H30ClN5O2S/c1-16-20(27)7-6-8-21(16)29-24(33)18-9-13-31(14-10-18)23-19(26(34)32-11-4-3-5-12-32)15-28-25-22(23)17(2)30-35-25/h6-8,15,18H,3-5,9-14H2,1-2H3,(H,29,33). The fourth-order valence-electron chi connectivity index (χ4n) is 5.13. The molecule has 2 saturated heterocycles. The Morgan fingerprint density at radius 3 is 2.57 bits per heavy atom. The van der Waals surface area contributed by atoms with Gasteiger partial charge in [-0.3, -0.25) is 9.59 Å². The summed E-state index contributed by atoms with van der Waals surface area (Å²) in [5, 5.41) is 4.67. The van der Waals surface area contributed by atoms with Crippen molar-refractivity contribution >= 4 is 56.5 Å². The first-order valence-electron chi connectivity index (χ1n) is 12.3. The first-order valence-corrected chi connectivity index (χ1v) is 13.4. The Morgan fingerprint density at radius 2 is 1.83 bits per heavy atom. The minimum absolute atomic E-state index is 0.0212. The summed E-state index contributed by atoms with van der Waals surface area (Å²) in [5.74, 6) is -0.0196. The van der Waals surface area contributed by atoms with Crippen molar-refractivity contribution in [3.63, 3.8) is 0 Å². The number of carbonyl (C=O) groups excluding carboxylic acids is 2. The van der Waals surface area contributed by atoms with Gasteiger partial charge >= 0.3 is 0 Å². The zero-order chi connectivity index (χ0) is 24.5. The number of likely N-dealkylation sites (tertiary alicyclic amines) is 1. The molecule has 35 heavy (non-hydrogen) atoms. The van der Waals surface area contributed by atoms with Gasteiger partial charge in [-0.25, -0.2) is 4.98 Å². The lowest BCUT2D eigenvalue weighted by atomic mass is 9.94. The number of benzene rings is 1. The van der Waals surface area contributed by atoms with Crippen molar-refractivity contribution in [3.8, 4) is 0 Å². The van der Waals surface area contributed by atoms with Crippen LogP contribution >= 0.6 is 23.1 Å². The maximum Gasteiger partial charge on any atom is 0.257 e. The van der Waals surface area contributed by atoms with Crippen molar-refractivity contribution in [1.82, 2.24) is 14.3 Å². The molecule has 2 amide bonds. The molecular weight excluding hydrogens is 482 g/mol. The van der Waals surface area contributed by atoms with E-state index in [1.165, 1.54) is 18.0 Å². The van der Waals surface area contributed by atoms with Gasteiger partial charge in [0.2, 0.25) is 5.91 Å². The first kappa shape index (κ1) is 24.0. The summed E-state index contributed by atoms with van der Waals surface area (Å²) in [6, 6.07) is 5.55. The second-order valence-corrected chi connectivity index (χ2v) is 10.6. The normalized spacial score (nSPS) is 17.1. The van der Waals surface area contributed by atoms with E-state index in [1.807, 2.05) is 36.9 Å². The Balaban J connectivity index is 1.37. The molecule has 2 aliphatic rings. The smallest absolute Gasteiger partial charge is 0.257 e. The number of hydrogen-bond acceptors (Lipinski definition) is 6. The Hall–Kier alpha value is -2.71. The third-order valence-corrected chi connectivity index (χ3v) is 8.49. The molecule has 2 fully saturated rings. The van der Waals surface area contributed by atoms with Gasteiger partial charge < -0.3 is 15.1 Å². The van der Waals surface area contributed by atoms with Crippen LogP contribution < -0.4 is 10.2 Å². The molecule has 9 heteroatoms. The van der Waals surface area contributed by atoms with Crippen molar-refractivity contribution < 1.29 is 9.59 Å². The third-order valence-electron chi connectivity index (χ3n) is 7.23. The highest BCUT2D eigenvalue weighted by Crippen LogP contribution is 2.37. The number of nitrogens with zero attached hydrogens (tertiary/aromatic N) is 4. The van der Waals surface area contributed by atoms with Crippen LogP contribution in [0.2, 0.25) is 5.02 Å². The maximum absolute atomic E-state index is 13.5. The Morgan fingerprint density at radius 1 is 1.09 bits per heavy atom. The SMILES string of the molecule is Cc1c(Cl)cccc1NC(=O)C1CCN(c2c(C(=O)N3CCCCC3)cnc3snc(C)c23)CC1. The summed E-state index contributed by atoms with van der Waals surface area (Å²) in [6.07, 6.45) is 6.41. The molecule has 2 aromatic heterocycles. The number of carbonyl (C=O) groups is 2. The number of anilines is 2. The fourth-order valence-corrected chi connectivity index (χ4v) is 6.06. The van der Waals surface area contributed by atoms with Crippen LogP contribution in [0.15, 0.2) is 24.4 Å². The van der Waals surface area contributed by atoms with Crippen LogP contribution in [0.1, 0.15) is 53.7 Å². The maximum atomic E-state index is 13.5. The lowest BCUT2D eigenvalue weighted by Crippen LogP contribution is -2.40. The number of rotatable bonds is 4. The van der Waals surface area contributed by atoms with Gasteiger partial charge in [0.1, 0.15) is 4.83 Å². The number of halogens is 1. The number of fused-ring (bicyclic) bond motifs is 1. The van der Waals surface area contributed by atoms with Gasteiger partial charge in [-0.2, -0.15) is 4.37 Å². The third kappa shape index (κ3) is 4.74. The minimum Gasteiger partial charge on any atom is -0.370 e. The van der Waals surface area contributed by atoms with Crippen molar-refractivity contribution in [1.29, 1.82) is 0 Å². The molecule has 0 atom stereocenters. The molecule has 0 saturated carbocycles. The van der Waals surface area contributed by atoms with Gasteiger partial charge in [-0.15, -0.1) is 0 Å². The predicted molar refractivity (Wildman–Crippen MR) is 142 cm³/mol. The molecule has 184 valence electrons. The van der Waals surface area contributed by atoms with Crippen LogP contribution in [-0.4, -0.2) is 52.3 Å². The molecular formula is C26H30ClN5O2S. The van der Waals surface area contributed by atoms with E-state index in [9.17, 15) is 9.59 Å². The summed E-state index contributed by atoms with van der Waals surface area (Å²) in [7, 11) is 0. The number of aryl methyl sites for hydroxylation is 1. The van der Waals surface area contributed by atoms with Crippen LogP contribution in [-0.2, 0) is 4.79 Å². The molecule has 0 radical (unpaired) electrons. The van der Waals surface area contributed by atoms with E-state index in [2.05, 4.69) is 19.6 Å². The summed E-state index contributed by atoms with van der Waals surface area (Å²) < 4.78 is 4.52. The monoisotopic (exact) mass is 511 g/mol. The molecule has 0 bridgehead atoms. The van der Waals surface area contributed by atoms with Crippen molar-refractivity contribution in [3.05, 3.63) is 46.2 Å². The number of nitrogens with one attached hydrogen (secondary N) is 1. The van der Waals surface area contributed by atoms with Crippen molar-refractivity contribution in [2.45, 2.75) is 46.0 Å². The minimum atomic E-state index is -0.0927. The molecule has 4 heterocycles. The molecule has 7 nitrogen and oxygen atoms in total. The summed E-state index contributed by atoms with van der Waals surface area (Å²) in [6.45, 7) is 6.87. The van der Waals surface area contributed by atoms with E-state index < -0.39 is 0 Å². The first-order chi connectivity index (χ1) is 16.9. The number of aromatic nitrogens is 2. The van der Waals surface area contributed by atoms with Gasteiger partial charge in [0.25, 0.3) is 5.91 Å². The van der Waals surface area contributed by atoms with Gasteiger partial charge in [0, 0.05) is 49.0 Å². The van der Waals surface area contributed by atoms with Gasteiger partial charge in [-0.05, 0) is 75.2 Å². The molecule has 0 spiro atoms. The molecule has 2 aliphatic heterocycles. The average Bonchev–Trinajstić information content (AvgIpc) is 3.27. The molecule has 1 N–H and O–H groups in total. The largest absolute Gasteiger partial charge is 0.370 e. The summed E-state index contributed by atoms with van der Waals surface area (Å²) in [4.78, 5) is 36.2. The number of hydrogen-bond donors (Lipinski definition) is 1. The summed E-state index contributed by atoms with van der Waals surface area (Å²) in [5.41, 5.74) is 4.12. The molecule has 0 aliphatic carbocycles. The Labute approximate surface area is 214 Å². The lowest BCUT2D eigenvalue weighted by molar-refractivity contribution is -0.120.